The Labute approximate surface area is 165 Å². The number of esters is 1. The molecule has 2 nitrogen and oxygen atoms in total. The van der Waals surface area contributed by atoms with Crippen LogP contribution in [0.5, 0.6) is 0 Å². The standard InChI is InChI=1S/C11H16O2.2C5H5.Ti/c1-9-5-3-6-10(9)7-4-8-11(12)13-2;2*1-2-4-5-3-1;/h9H,1,3-6,8H2,2H3;2*1-5H;/q-2;;;+2. The molecule has 10 radical (unpaired) electrons. The summed E-state index contributed by atoms with van der Waals surface area (Å²) in [5, 5.41) is 0. The van der Waals surface area contributed by atoms with Crippen LogP contribution in [0.1, 0.15) is 32.1 Å². The molecule has 0 N–H and O–H groups in total. The van der Waals surface area contributed by atoms with Crippen LogP contribution in [0.4, 0.5) is 0 Å². The van der Waals surface area contributed by atoms with Crippen LogP contribution in [0.2, 0.25) is 0 Å². The van der Waals surface area contributed by atoms with Gasteiger partial charge in [0, 0.05) is 6.42 Å². The van der Waals surface area contributed by atoms with Gasteiger partial charge in [-0.3, -0.25) is 10.4 Å². The summed E-state index contributed by atoms with van der Waals surface area (Å²) < 4.78 is 4.54. The maximum Gasteiger partial charge on any atom is 2.00 e. The minimum Gasteiger partial charge on any atom is -0.499 e. The zero-order chi connectivity index (χ0) is 16.8. The smallest absolute Gasteiger partial charge is 0.499 e. The van der Waals surface area contributed by atoms with E-state index >= 15 is 0 Å². The van der Waals surface area contributed by atoms with E-state index in [1.54, 1.807) is 0 Å². The zero-order valence-electron chi connectivity index (χ0n) is 14.4. The minimum atomic E-state index is -0.160. The molecule has 3 fully saturated rings. The quantitative estimate of drug-likeness (QED) is 0.426. The summed E-state index contributed by atoms with van der Waals surface area (Å²) in [5.74, 6) is 0.268. The molecule has 0 aromatic heterocycles. The second kappa shape index (κ2) is 16.4. The normalized spacial score (nSPS) is 23.6. The van der Waals surface area contributed by atoms with Crippen molar-refractivity contribution < 1.29 is 31.2 Å². The first-order valence-corrected chi connectivity index (χ1v) is 8.07. The molecule has 3 rings (SSSR count). The Morgan fingerprint density at radius 3 is 1.88 bits per heavy atom. The van der Waals surface area contributed by atoms with Gasteiger partial charge in [-0.25, -0.2) is 0 Å². The average Bonchev–Trinajstić information content (AvgIpc) is 3.33. The van der Waals surface area contributed by atoms with Crippen molar-refractivity contribution in [1.82, 2.24) is 0 Å². The fraction of sp³-hybridized carbons (Fsp3) is 0.333. The van der Waals surface area contributed by atoms with Crippen molar-refractivity contribution in [1.29, 1.82) is 0 Å². The third kappa shape index (κ3) is 12.3. The second-order valence-corrected chi connectivity index (χ2v) is 5.29. The second-order valence-electron chi connectivity index (χ2n) is 5.29. The molecule has 0 aromatic rings. The number of methoxy groups -OCH3 is 1. The molecule has 0 aliphatic heterocycles. The van der Waals surface area contributed by atoms with E-state index < -0.39 is 0 Å². The van der Waals surface area contributed by atoms with Gasteiger partial charge in [-0.15, -0.1) is 0 Å². The maximum atomic E-state index is 10.8. The molecule has 3 saturated carbocycles. The Hall–Kier alpha value is -0.0757. The van der Waals surface area contributed by atoms with Crippen LogP contribution in [-0.4, -0.2) is 13.1 Å². The summed E-state index contributed by atoms with van der Waals surface area (Å²) in [6.45, 7) is 4.02. The van der Waals surface area contributed by atoms with Crippen LogP contribution in [0.15, 0.2) is 5.57 Å². The summed E-state index contributed by atoms with van der Waals surface area (Å²) in [7, 11) is 1.41. The molecule has 0 bridgehead atoms. The van der Waals surface area contributed by atoms with Crippen LogP contribution < -0.4 is 0 Å². The predicted molar refractivity (Wildman–Crippen MR) is 93.7 cm³/mol. The Morgan fingerprint density at radius 2 is 1.54 bits per heavy atom. The largest absolute Gasteiger partial charge is 2.00 e. The molecule has 1 unspecified atom stereocenters. The van der Waals surface area contributed by atoms with Crippen molar-refractivity contribution in [2.24, 2.45) is 5.92 Å². The predicted octanol–water partition coefficient (Wildman–Crippen LogP) is 4.34. The first-order valence-electron chi connectivity index (χ1n) is 8.07. The number of carbonyl (C=O) groups excluding carboxylic acids is 1. The van der Waals surface area contributed by atoms with Crippen molar-refractivity contribution in [3.05, 3.63) is 82.8 Å². The van der Waals surface area contributed by atoms with Gasteiger partial charge in [-0.05, 0) is 64.2 Å². The molecule has 0 aromatic carbocycles. The van der Waals surface area contributed by atoms with Crippen LogP contribution in [-0.2, 0) is 31.2 Å². The van der Waals surface area contributed by atoms with Gasteiger partial charge < -0.3 is 17.7 Å². The van der Waals surface area contributed by atoms with E-state index in [1.807, 2.05) is 64.2 Å². The van der Waals surface area contributed by atoms with Crippen LogP contribution in [0.25, 0.3) is 0 Å². The number of rotatable bonds is 3. The molecular formula is C21H26O2Ti. The first-order chi connectivity index (χ1) is 11.2. The number of hydrogen-bond donors (Lipinski definition) is 0. The average molecular weight is 358 g/mol. The number of hydrogen-bond acceptors (Lipinski definition) is 2. The van der Waals surface area contributed by atoms with Gasteiger partial charge >= 0.3 is 27.7 Å². The van der Waals surface area contributed by atoms with Crippen molar-refractivity contribution in [3.8, 4) is 0 Å². The molecule has 0 saturated heterocycles. The van der Waals surface area contributed by atoms with E-state index in [9.17, 15) is 4.79 Å². The molecule has 0 amide bonds. The van der Waals surface area contributed by atoms with E-state index in [0.717, 1.165) is 6.42 Å². The number of allylic oxidation sites excluding steroid dienone is 2. The Bertz CT molecular complexity index is 306. The van der Waals surface area contributed by atoms with Crippen LogP contribution >= 0.6 is 0 Å². The van der Waals surface area contributed by atoms with E-state index in [-0.39, 0.29) is 27.7 Å². The van der Waals surface area contributed by atoms with Gasteiger partial charge in [0.2, 0.25) is 0 Å². The van der Waals surface area contributed by atoms with Crippen LogP contribution in [0, 0.1) is 83.1 Å². The summed E-state index contributed by atoms with van der Waals surface area (Å²) in [6, 6.07) is 0. The molecule has 1 atom stereocenters. The molecule has 0 spiro atoms. The van der Waals surface area contributed by atoms with Gasteiger partial charge in [0.05, 0.1) is 7.11 Å². The van der Waals surface area contributed by atoms with Crippen molar-refractivity contribution in [2.45, 2.75) is 32.1 Å². The molecule has 126 valence electrons. The number of carbonyl (C=O) groups is 1. The fourth-order valence-electron chi connectivity index (χ4n) is 2.22. The molecule has 3 aliphatic rings. The summed E-state index contributed by atoms with van der Waals surface area (Å²) >= 11 is 0. The molecule has 3 heteroatoms. The van der Waals surface area contributed by atoms with E-state index in [2.05, 4.69) is 17.7 Å². The minimum absolute atomic E-state index is 0. The van der Waals surface area contributed by atoms with Crippen molar-refractivity contribution in [2.75, 3.05) is 7.11 Å². The molecule has 0 heterocycles. The fourth-order valence-corrected chi connectivity index (χ4v) is 2.22. The Balaban J connectivity index is 0.000000393. The Kier molecular flexibility index (Phi) is 16.3. The van der Waals surface area contributed by atoms with E-state index in [0.29, 0.717) is 18.8 Å². The summed E-state index contributed by atoms with van der Waals surface area (Å²) in [4.78, 5) is 10.8. The molecule has 24 heavy (non-hydrogen) atoms. The van der Waals surface area contributed by atoms with E-state index in [1.165, 1.54) is 25.5 Å². The third-order valence-electron chi connectivity index (χ3n) is 3.51. The third-order valence-corrected chi connectivity index (χ3v) is 3.51. The Morgan fingerprint density at radius 1 is 1.08 bits per heavy atom. The van der Waals surface area contributed by atoms with Gasteiger partial charge in [0.15, 0.2) is 0 Å². The topological polar surface area (TPSA) is 26.3 Å². The van der Waals surface area contributed by atoms with Gasteiger partial charge in [0.1, 0.15) is 0 Å². The molecule has 3 aliphatic carbocycles. The summed E-state index contributed by atoms with van der Waals surface area (Å²) in [5.41, 5.74) is 1.30. The van der Waals surface area contributed by atoms with Crippen LogP contribution in [0.3, 0.4) is 0 Å². The van der Waals surface area contributed by atoms with E-state index in [4.69, 9.17) is 0 Å². The molecular weight excluding hydrogens is 332 g/mol. The van der Waals surface area contributed by atoms with Crippen molar-refractivity contribution >= 4 is 5.97 Å². The van der Waals surface area contributed by atoms with Gasteiger partial charge in [-0.2, -0.15) is 12.3 Å². The maximum absolute atomic E-state index is 10.8. The first kappa shape index (κ1) is 23.9. The monoisotopic (exact) mass is 358 g/mol. The van der Waals surface area contributed by atoms with Crippen molar-refractivity contribution in [3.63, 3.8) is 0 Å². The SMILES string of the molecule is [CH2-]C1CCCC1=[C-]CCC(=O)OC.[CH]1[CH][CH][CH][CH]1.[CH]1[CH][CH][CH][CH]1.[Ti+2]. The number of ether oxygens (including phenoxy) is 1. The van der Waals surface area contributed by atoms with Gasteiger partial charge in [-0.1, -0.05) is 19.3 Å². The zero-order valence-corrected chi connectivity index (χ0v) is 16.0. The summed E-state index contributed by atoms with van der Waals surface area (Å²) in [6.07, 6.45) is 27.9. The van der Waals surface area contributed by atoms with Gasteiger partial charge in [0.25, 0.3) is 0 Å².